The quantitative estimate of drug-likeness (QED) is 0.0398. The Balaban J connectivity index is 3.49. The number of hydrogen-bond donors (Lipinski definition) is 1. The number of aliphatic hydroxyl groups is 1. The number of carbonyl (C=O) groups is 2. The van der Waals surface area contributed by atoms with Crippen molar-refractivity contribution in [2.24, 2.45) is 0 Å². The number of rotatable bonds is 39. The van der Waals surface area contributed by atoms with Crippen LogP contribution in [0.2, 0.25) is 0 Å². The van der Waals surface area contributed by atoms with Crippen molar-refractivity contribution >= 4 is 11.9 Å². The molecule has 0 spiro atoms. The lowest BCUT2D eigenvalue weighted by Gasteiger charge is -2.15. The van der Waals surface area contributed by atoms with Gasteiger partial charge in [0.2, 0.25) is 0 Å². The van der Waals surface area contributed by atoms with E-state index >= 15 is 0 Å². The fourth-order valence-electron chi connectivity index (χ4n) is 6.31. The first-order valence-electron chi connectivity index (χ1n) is 21.2. The molecule has 0 aliphatic heterocycles. The predicted molar refractivity (Wildman–Crippen MR) is 205 cm³/mol. The summed E-state index contributed by atoms with van der Waals surface area (Å²) in [5.74, 6) is -0.588. The lowest BCUT2D eigenvalue weighted by Crippen LogP contribution is -2.28. The molecule has 5 heteroatoms. The second-order valence-corrected chi connectivity index (χ2v) is 14.4. The van der Waals surface area contributed by atoms with Crippen molar-refractivity contribution in [1.82, 2.24) is 0 Å². The fourth-order valence-corrected chi connectivity index (χ4v) is 6.31. The van der Waals surface area contributed by atoms with Crippen molar-refractivity contribution < 1.29 is 24.2 Å². The molecule has 0 rings (SSSR count). The lowest BCUT2D eigenvalue weighted by atomic mass is 10.0. The van der Waals surface area contributed by atoms with Gasteiger partial charge >= 0.3 is 11.9 Å². The second-order valence-electron chi connectivity index (χ2n) is 14.4. The number of esters is 2. The van der Waals surface area contributed by atoms with E-state index in [4.69, 9.17) is 9.47 Å². The standard InChI is InChI=1S/C43H82O5/c1-3-5-7-9-11-13-15-17-19-20-21-22-24-25-27-29-31-33-35-37-42(45)47-40-41(39-44)48-43(46)38-36-34-32-30-28-26-23-18-16-14-12-10-8-6-4-2/h18,23,41,44H,3-17,19-22,24-40H2,1-2H3/b23-18-. The molecule has 0 saturated heterocycles. The van der Waals surface area contributed by atoms with Crippen LogP contribution in [0.5, 0.6) is 0 Å². The Morgan fingerprint density at radius 1 is 0.458 bits per heavy atom. The predicted octanol–water partition coefficient (Wildman–Crippen LogP) is 13.3. The van der Waals surface area contributed by atoms with Gasteiger partial charge in [-0.1, -0.05) is 193 Å². The summed E-state index contributed by atoms with van der Waals surface area (Å²) in [5.41, 5.74) is 0. The molecule has 48 heavy (non-hydrogen) atoms. The van der Waals surface area contributed by atoms with Crippen LogP contribution in [0.15, 0.2) is 12.2 Å². The minimum atomic E-state index is -0.769. The molecule has 284 valence electrons. The van der Waals surface area contributed by atoms with Crippen LogP contribution in [0.4, 0.5) is 0 Å². The normalized spacial score (nSPS) is 12.1. The molecule has 0 aromatic rings. The van der Waals surface area contributed by atoms with Crippen LogP contribution in [0.3, 0.4) is 0 Å². The van der Waals surface area contributed by atoms with Gasteiger partial charge in [-0.3, -0.25) is 9.59 Å². The first-order valence-corrected chi connectivity index (χ1v) is 21.2. The highest BCUT2D eigenvalue weighted by Gasteiger charge is 2.16. The minimum absolute atomic E-state index is 0.0629. The van der Waals surface area contributed by atoms with Gasteiger partial charge in [0.15, 0.2) is 6.10 Å². The van der Waals surface area contributed by atoms with E-state index in [0.29, 0.717) is 12.8 Å². The van der Waals surface area contributed by atoms with Gasteiger partial charge in [0.05, 0.1) is 6.61 Å². The lowest BCUT2D eigenvalue weighted by molar-refractivity contribution is -0.161. The van der Waals surface area contributed by atoms with E-state index in [2.05, 4.69) is 26.0 Å². The highest BCUT2D eigenvalue weighted by atomic mass is 16.6. The van der Waals surface area contributed by atoms with Gasteiger partial charge in [0.25, 0.3) is 0 Å². The molecular weight excluding hydrogens is 596 g/mol. The Labute approximate surface area is 299 Å². The highest BCUT2D eigenvalue weighted by molar-refractivity contribution is 5.70. The summed E-state index contributed by atoms with van der Waals surface area (Å²) in [5, 5.41) is 9.56. The summed E-state index contributed by atoms with van der Waals surface area (Å²) < 4.78 is 10.6. The molecule has 0 saturated carbocycles. The number of allylic oxidation sites excluding steroid dienone is 2. The van der Waals surface area contributed by atoms with Crippen molar-refractivity contribution in [3.05, 3.63) is 12.2 Å². The van der Waals surface area contributed by atoms with E-state index in [1.54, 1.807) is 0 Å². The molecule has 1 N–H and O–H groups in total. The monoisotopic (exact) mass is 679 g/mol. The van der Waals surface area contributed by atoms with E-state index in [-0.39, 0.29) is 25.2 Å². The van der Waals surface area contributed by atoms with Crippen LogP contribution in [0.1, 0.15) is 232 Å². The van der Waals surface area contributed by atoms with Crippen LogP contribution in [0.25, 0.3) is 0 Å². The van der Waals surface area contributed by atoms with Gasteiger partial charge in [0.1, 0.15) is 6.61 Å². The molecule has 1 atom stereocenters. The average Bonchev–Trinajstić information content (AvgIpc) is 3.09. The maximum Gasteiger partial charge on any atom is 0.306 e. The number of unbranched alkanes of at least 4 members (excludes halogenated alkanes) is 29. The zero-order valence-corrected chi connectivity index (χ0v) is 32.3. The summed E-state index contributed by atoms with van der Waals surface area (Å²) in [6.45, 7) is 4.15. The third kappa shape index (κ3) is 37.5. The molecule has 1 unspecified atom stereocenters. The summed E-state index contributed by atoms with van der Waals surface area (Å²) in [4.78, 5) is 24.3. The summed E-state index contributed by atoms with van der Waals surface area (Å²) in [6.07, 6.45) is 45.6. The molecule has 0 radical (unpaired) electrons. The number of aliphatic hydroxyl groups excluding tert-OH is 1. The van der Waals surface area contributed by atoms with Gasteiger partial charge in [-0.15, -0.1) is 0 Å². The van der Waals surface area contributed by atoms with Gasteiger partial charge in [-0.25, -0.2) is 0 Å². The first-order chi connectivity index (χ1) is 23.6. The Bertz CT molecular complexity index is 691. The van der Waals surface area contributed by atoms with Gasteiger partial charge in [-0.05, 0) is 38.5 Å². The van der Waals surface area contributed by atoms with E-state index in [0.717, 1.165) is 38.5 Å². The van der Waals surface area contributed by atoms with Crippen molar-refractivity contribution in [2.75, 3.05) is 13.2 Å². The van der Waals surface area contributed by atoms with Gasteiger partial charge < -0.3 is 14.6 Å². The average molecular weight is 679 g/mol. The van der Waals surface area contributed by atoms with E-state index < -0.39 is 6.10 Å². The second kappa shape index (κ2) is 40.1. The van der Waals surface area contributed by atoms with Crippen molar-refractivity contribution in [2.45, 2.75) is 238 Å². The maximum absolute atomic E-state index is 12.2. The van der Waals surface area contributed by atoms with Crippen molar-refractivity contribution in [3.8, 4) is 0 Å². The molecule has 0 aromatic carbocycles. The van der Waals surface area contributed by atoms with Gasteiger partial charge in [0, 0.05) is 12.8 Å². The third-order valence-electron chi connectivity index (χ3n) is 9.56. The topological polar surface area (TPSA) is 72.8 Å². The van der Waals surface area contributed by atoms with Gasteiger partial charge in [-0.2, -0.15) is 0 Å². The first kappa shape index (κ1) is 46.6. The van der Waals surface area contributed by atoms with Crippen LogP contribution < -0.4 is 0 Å². The van der Waals surface area contributed by atoms with E-state index in [1.165, 1.54) is 167 Å². The van der Waals surface area contributed by atoms with Crippen LogP contribution in [0, 0.1) is 0 Å². The minimum Gasteiger partial charge on any atom is -0.462 e. The van der Waals surface area contributed by atoms with E-state index in [9.17, 15) is 14.7 Å². The smallest absolute Gasteiger partial charge is 0.306 e. The molecule has 0 heterocycles. The molecule has 0 amide bonds. The SMILES string of the molecule is CCCCCCCC/C=C\CCCCCCCC(=O)OC(CO)COC(=O)CCCCCCCCCCCCCCCCCCCCC. The Morgan fingerprint density at radius 2 is 0.771 bits per heavy atom. The van der Waals surface area contributed by atoms with E-state index in [1.807, 2.05) is 0 Å². The van der Waals surface area contributed by atoms with Crippen molar-refractivity contribution in [3.63, 3.8) is 0 Å². The fraction of sp³-hybridized carbons (Fsp3) is 0.907. The van der Waals surface area contributed by atoms with Crippen LogP contribution in [-0.2, 0) is 19.1 Å². The van der Waals surface area contributed by atoms with Crippen LogP contribution >= 0.6 is 0 Å². The summed E-state index contributed by atoms with van der Waals surface area (Å²) >= 11 is 0. The number of carbonyl (C=O) groups excluding carboxylic acids is 2. The molecule has 0 aliphatic rings. The zero-order chi connectivity index (χ0) is 35.0. The molecule has 0 bridgehead atoms. The maximum atomic E-state index is 12.2. The Morgan fingerprint density at radius 3 is 1.12 bits per heavy atom. The molecule has 0 aromatic heterocycles. The number of ether oxygens (including phenoxy) is 2. The summed E-state index contributed by atoms with van der Waals surface area (Å²) in [7, 11) is 0. The molecule has 5 nitrogen and oxygen atoms in total. The van der Waals surface area contributed by atoms with Crippen LogP contribution in [-0.4, -0.2) is 36.4 Å². The van der Waals surface area contributed by atoms with Crippen molar-refractivity contribution in [1.29, 1.82) is 0 Å². The molecular formula is C43H82O5. The molecule has 0 aliphatic carbocycles. The molecule has 0 fully saturated rings. The largest absolute Gasteiger partial charge is 0.462 e. The Hall–Kier alpha value is -1.36. The third-order valence-corrected chi connectivity index (χ3v) is 9.56. The summed E-state index contributed by atoms with van der Waals surface area (Å²) in [6, 6.07) is 0. The Kier molecular flexibility index (Phi) is 38.9. The number of hydrogen-bond acceptors (Lipinski definition) is 5. The highest BCUT2D eigenvalue weighted by Crippen LogP contribution is 2.15. The zero-order valence-electron chi connectivity index (χ0n) is 32.3.